The topological polar surface area (TPSA) is 87.5 Å². The van der Waals surface area contributed by atoms with Gasteiger partial charge in [0.2, 0.25) is 5.95 Å². The van der Waals surface area contributed by atoms with Crippen molar-refractivity contribution in [3.05, 3.63) is 96.1 Å². The molecule has 208 valence electrons. The number of hydrogen-bond donors (Lipinski definition) is 2. The summed E-state index contributed by atoms with van der Waals surface area (Å²) in [5.41, 5.74) is 7.28. The summed E-state index contributed by atoms with van der Waals surface area (Å²) in [5, 5.41) is 6.60. The first kappa shape index (κ1) is 26.5. The minimum atomic E-state index is -0.129. The van der Waals surface area contributed by atoms with Crippen LogP contribution in [0.15, 0.2) is 79.4 Å². The van der Waals surface area contributed by atoms with E-state index in [1.807, 2.05) is 60.0 Å². The molecule has 8 heteroatoms. The fourth-order valence-electron chi connectivity index (χ4n) is 5.30. The van der Waals surface area contributed by atoms with E-state index in [4.69, 9.17) is 4.98 Å². The van der Waals surface area contributed by atoms with Gasteiger partial charge in [0.05, 0.1) is 5.69 Å². The second kappa shape index (κ2) is 10.7. The third-order valence-corrected chi connectivity index (χ3v) is 7.69. The van der Waals surface area contributed by atoms with E-state index in [1.165, 1.54) is 18.4 Å². The first-order valence-electron chi connectivity index (χ1n) is 14.1. The number of hydrogen-bond acceptors (Lipinski definition) is 6. The van der Waals surface area contributed by atoms with Crippen LogP contribution in [0.2, 0.25) is 0 Å². The van der Waals surface area contributed by atoms with E-state index in [0.29, 0.717) is 5.56 Å². The molecular weight excluding hydrogens is 510 g/mol. The number of fused-ring (bicyclic) bond motifs is 1. The van der Waals surface area contributed by atoms with Gasteiger partial charge in [-0.15, -0.1) is 0 Å². The van der Waals surface area contributed by atoms with Crippen LogP contribution in [0.5, 0.6) is 0 Å². The molecule has 6 rings (SSSR count). The highest BCUT2D eigenvalue weighted by molar-refractivity contribution is 6.05. The Morgan fingerprint density at radius 3 is 2.46 bits per heavy atom. The molecule has 0 spiro atoms. The van der Waals surface area contributed by atoms with Gasteiger partial charge in [-0.05, 0) is 72.2 Å². The van der Waals surface area contributed by atoms with Gasteiger partial charge in [0.25, 0.3) is 5.91 Å². The number of amides is 1. The Morgan fingerprint density at radius 1 is 0.927 bits per heavy atom. The third kappa shape index (κ3) is 5.50. The SMILES string of the molecule is Cc1c(NC(=O)c2ccc(C(C)(C)C)cc2)cccc1-c1cc(Nc2ccnc(N3CCCC3)n2)c2nccn2c1. The maximum Gasteiger partial charge on any atom is 0.255 e. The lowest BCUT2D eigenvalue weighted by molar-refractivity contribution is 0.102. The molecule has 1 fully saturated rings. The van der Waals surface area contributed by atoms with Crippen molar-refractivity contribution in [2.75, 3.05) is 28.6 Å². The second-order valence-electron chi connectivity index (χ2n) is 11.6. The minimum absolute atomic E-state index is 0.0353. The number of nitrogens with one attached hydrogen (secondary N) is 2. The fraction of sp³-hybridized carbons (Fsp3) is 0.273. The summed E-state index contributed by atoms with van der Waals surface area (Å²) in [7, 11) is 0. The molecule has 41 heavy (non-hydrogen) atoms. The van der Waals surface area contributed by atoms with E-state index in [9.17, 15) is 4.79 Å². The van der Waals surface area contributed by atoms with Crippen LogP contribution in [-0.4, -0.2) is 38.3 Å². The Labute approximate surface area is 240 Å². The largest absolute Gasteiger partial charge is 0.341 e. The van der Waals surface area contributed by atoms with Crippen LogP contribution in [0.3, 0.4) is 0 Å². The van der Waals surface area contributed by atoms with E-state index in [-0.39, 0.29) is 11.3 Å². The fourth-order valence-corrected chi connectivity index (χ4v) is 5.30. The van der Waals surface area contributed by atoms with Gasteiger partial charge < -0.3 is 19.9 Å². The quantitative estimate of drug-likeness (QED) is 0.239. The number of benzene rings is 2. The number of rotatable bonds is 6. The Morgan fingerprint density at radius 2 is 1.71 bits per heavy atom. The number of pyridine rings is 1. The number of nitrogens with zero attached hydrogens (tertiary/aromatic N) is 5. The standard InChI is InChI=1S/C33H35N7O/c1-22-26(8-7-9-27(22)37-31(41)23-10-12-25(13-11-23)33(2,3)4)24-20-28(30-34-16-19-40(30)21-24)36-29-14-15-35-32(38-29)39-17-5-6-18-39/h7-16,19-21H,5-6,17-18H2,1-4H3,(H,37,41)(H,35,36,38). The zero-order valence-corrected chi connectivity index (χ0v) is 24.0. The lowest BCUT2D eigenvalue weighted by Gasteiger charge is -2.19. The van der Waals surface area contributed by atoms with E-state index in [2.05, 4.69) is 64.6 Å². The van der Waals surface area contributed by atoms with Gasteiger partial charge >= 0.3 is 0 Å². The predicted octanol–water partition coefficient (Wildman–Crippen LogP) is 6.99. The molecule has 1 aliphatic heterocycles. The summed E-state index contributed by atoms with van der Waals surface area (Å²) >= 11 is 0. The number of imidazole rings is 1. The van der Waals surface area contributed by atoms with Crippen LogP contribution in [0.4, 0.5) is 23.1 Å². The van der Waals surface area contributed by atoms with Crippen LogP contribution in [0, 0.1) is 6.92 Å². The molecule has 0 atom stereocenters. The van der Waals surface area contributed by atoms with Crippen molar-refractivity contribution in [2.45, 2.75) is 46.0 Å². The maximum atomic E-state index is 13.1. The average molecular weight is 546 g/mol. The monoisotopic (exact) mass is 545 g/mol. The first-order valence-corrected chi connectivity index (χ1v) is 14.1. The summed E-state index contributed by atoms with van der Waals surface area (Å²) in [6, 6.07) is 17.8. The molecule has 2 aromatic carbocycles. The van der Waals surface area contributed by atoms with Crippen molar-refractivity contribution in [2.24, 2.45) is 0 Å². The van der Waals surface area contributed by atoms with Gasteiger partial charge in [0.1, 0.15) is 5.82 Å². The summed E-state index contributed by atoms with van der Waals surface area (Å²) in [5.74, 6) is 1.34. The molecule has 4 heterocycles. The van der Waals surface area contributed by atoms with Gasteiger partial charge in [-0.25, -0.2) is 9.97 Å². The van der Waals surface area contributed by atoms with E-state index < -0.39 is 0 Å². The number of aromatic nitrogens is 4. The molecule has 1 saturated heterocycles. The third-order valence-electron chi connectivity index (χ3n) is 7.69. The average Bonchev–Trinajstić information content (AvgIpc) is 3.67. The van der Waals surface area contributed by atoms with Crippen LogP contribution < -0.4 is 15.5 Å². The Hall–Kier alpha value is -4.72. The second-order valence-corrected chi connectivity index (χ2v) is 11.6. The lowest BCUT2D eigenvalue weighted by Crippen LogP contribution is -2.20. The number of anilines is 4. The van der Waals surface area contributed by atoms with E-state index in [0.717, 1.165) is 58.6 Å². The van der Waals surface area contributed by atoms with Crippen molar-refractivity contribution in [3.8, 4) is 11.1 Å². The molecule has 1 aliphatic rings. The van der Waals surface area contributed by atoms with Crippen molar-refractivity contribution < 1.29 is 4.79 Å². The lowest BCUT2D eigenvalue weighted by atomic mass is 9.86. The summed E-state index contributed by atoms with van der Waals surface area (Å²) < 4.78 is 2.00. The molecule has 0 aliphatic carbocycles. The summed E-state index contributed by atoms with van der Waals surface area (Å²) in [6.45, 7) is 10.5. The van der Waals surface area contributed by atoms with Gasteiger partial charge in [0.15, 0.2) is 5.65 Å². The molecule has 3 aromatic heterocycles. The van der Waals surface area contributed by atoms with Crippen LogP contribution >= 0.6 is 0 Å². The molecule has 0 radical (unpaired) electrons. The number of carbonyl (C=O) groups excluding carboxylic acids is 1. The first-order chi connectivity index (χ1) is 19.8. The van der Waals surface area contributed by atoms with Crippen molar-refractivity contribution in [1.29, 1.82) is 0 Å². The van der Waals surface area contributed by atoms with Gasteiger partial charge in [-0.2, -0.15) is 4.98 Å². The predicted molar refractivity (Wildman–Crippen MR) is 165 cm³/mol. The van der Waals surface area contributed by atoms with Crippen molar-refractivity contribution >= 4 is 34.7 Å². The zero-order chi connectivity index (χ0) is 28.6. The van der Waals surface area contributed by atoms with Gasteiger partial charge in [-0.1, -0.05) is 45.0 Å². The highest BCUT2D eigenvalue weighted by Crippen LogP contribution is 2.33. The van der Waals surface area contributed by atoms with Crippen LogP contribution in [0.25, 0.3) is 16.8 Å². The molecule has 1 amide bonds. The molecule has 0 saturated carbocycles. The van der Waals surface area contributed by atoms with E-state index in [1.54, 1.807) is 12.4 Å². The molecule has 2 N–H and O–H groups in total. The minimum Gasteiger partial charge on any atom is -0.341 e. The molecular formula is C33H35N7O. The van der Waals surface area contributed by atoms with Crippen molar-refractivity contribution in [1.82, 2.24) is 19.4 Å². The normalized spacial score (nSPS) is 13.5. The molecule has 0 bridgehead atoms. The maximum absolute atomic E-state index is 13.1. The highest BCUT2D eigenvalue weighted by atomic mass is 16.1. The van der Waals surface area contributed by atoms with E-state index >= 15 is 0 Å². The zero-order valence-electron chi connectivity index (χ0n) is 24.0. The summed E-state index contributed by atoms with van der Waals surface area (Å²) in [4.78, 5) is 29.2. The van der Waals surface area contributed by atoms with Crippen LogP contribution in [0.1, 0.15) is 55.1 Å². The van der Waals surface area contributed by atoms with Gasteiger partial charge in [-0.3, -0.25) is 4.79 Å². The summed E-state index contributed by atoms with van der Waals surface area (Å²) in [6.07, 6.45) is 9.90. The number of carbonyl (C=O) groups is 1. The Kier molecular flexibility index (Phi) is 6.91. The van der Waals surface area contributed by atoms with Gasteiger partial charge in [0, 0.05) is 54.7 Å². The smallest absolute Gasteiger partial charge is 0.255 e. The molecule has 0 unspecified atom stereocenters. The highest BCUT2D eigenvalue weighted by Gasteiger charge is 2.18. The molecule has 5 aromatic rings. The molecule has 8 nitrogen and oxygen atoms in total. The Balaban J connectivity index is 1.29. The van der Waals surface area contributed by atoms with Crippen LogP contribution in [-0.2, 0) is 5.41 Å². The Bertz CT molecular complexity index is 1710. The van der Waals surface area contributed by atoms with Crippen molar-refractivity contribution in [3.63, 3.8) is 0 Å².